The summed E-state index contributed by atoms with van der Waals surface area (Å²) in [4.78, 5) is 15.4. The molecule has 9 heteroatoms. The van der Waals surface area contributed by atoms with Crippen LogP contribution >= 0.6 is 0 Å². The van der Waals surface area contributed by atoms with E-state index in [0.29, 0.717) is 49.0 Å². The number of nitrogens with zero attached hydrogens (tertiary/aromatic N) is 4. The van der Waals surface area contributed by atoms with Crippen LogP contribution in [0, 0.1) is 12.8 Å². The third kappa shape index (κ3) is 4.58. The number of hydrogen-bond acceptors (Lipinski definition) is 7. The zero-order valence-corrected chi connectivity index (χ0v) is 18.4. The topological polar surface area (TPSA) is 106 Å². The second-order valence-electron chi connectivity index (χ2n) is 8.23. The number of hydrogen-bond donors (Lipinski definition) is 1. The van der Waals surface area contributed by atoms with Crippen LogP contribution in [0.25, 0.3) is 10.9 Å². The first-order valence-electron chi connectivity index (χ1n) is 11.0. The maximum Gasteiger partial charge on any atom is 0.257 e. The van der Waals surface area contributed by atoms with Gasteiger partial charge in [-0.05, 0) is 37.1 Å². The number of aromatic amines is 1. The van der Waals surface area contributed by atoms with Crippen molar-refractivity contribution < 1.29 is 18.9 Å². The third-order valence-corrected chi connectivity index (χ3v) is 5.94. The molecule has 3 heterocycles. The minimum atomic E-state index is -0.0716. The summed E-state index contributed by atoms with van der Waals surface area (Å²) >= 11 is 0. The van der Waals surface area contributed by atoms with Crippen LogP contribution in [0.15, 0.2) is 53.3 Å². The van der Waals surface area contributed by atoms with E-state index in [4.69, 9.17) is 14.1 Å². The Morgan fingerprint density at radius 1 is 1.21 bits per heavy atom. The molecule has 33 heavy (non-hydrogen) atoms. The van der Waals surface area contributed by atoms with Crippen LogP contribution in [-0.4, -0.2) is 57.6 Å². The van der Waals surface area contributed by atoms with Crippen molar-refractivity contribution in [3.8, 4) is 5.75 Å². The Hall–Kier alpha value is -3.72. The average molecular weight is 447 g/mol. The molecule has 2 aromatic carbocycles. The molecule has 1 amide bonds. The van der Waals surface area contributed by atoms with Crippen molar-refractivity contribution in [1.29, 1.82) is 0 Å². The van der Waals surface area contributed by atoms with E-state index in [1.165, 1.54) is 5.56 Å². The molecule has 1 saturated heterocycles. The summed E-state index contributed by atoms with van der Waals surface area (Å²) in [5.41, 5.74) is 4.00. The van der Waals surface area contributed by atoms with Gasteiger partial charge in [-0.3, -0.25) is 9.89 Å². The normalized spacial score (nSPS) is 16.6. The number of ether oxygens (including phenoxy) is 2. The number of fused-ring (bicyclic) bond motifs is 1. The molecule has 1 aliphatic heterocycles. The number of carbonyl (C=O) groups is 1. The number of rotatable bonds is 6. The summed E-state index contributed by atoms with van der Waals surface area (Å²) in [7, 11) is 0. The van der Waals surface area contributed by atoms with E-state index < -0.39 is 0 Å². The number of H-pyrrole nitrogens is 1. The van der Waals surface area contributed by atoms with E-state index in [-0.39, 0.29) is 18.4 Å². The molecule has 4 aromatic rings. The van der Waals surface area contributed by atoms with Gasteiger partial charge in [0.15, 0.2) is 0 Å². The van der Waals surface area contributed by atoms with E-state index >= 15 is 0 Å². The monoisotopic (exact) mass is 447 g/mol. The van der Waals surface area contributed by atoms with E-state index in [2.05, 4.69) is 26.6 Å². The molecule has 170 valence electrons. The first-order chi connectivity index (χ1) is 16.2. The molecule has 0 saturated carbocycles. The van der Waals surface area contributed by atoms with Crippen LogP contribution in [0.4, 0.5) is 0 Å². The van der Waals surface area contributed by atoms with Gasteiger partial charge in [0.2, 0.25) is 0 Å². The van der Waals surface area contributed by atoms with Crippen molar-refractivity contribution in [3.05, 3.63) is 71.2 Å². The number of aromatic nitrogens is 4. The minimum Gasteiger partial charge on any atom is -0.486 e. The van der Waals surface area contributed by atoms with Gasteiger partial charge in [0, 0.05) is 24.4 Å². The fourth-order valence-electron chi connectivity index (χ4n) is 4.17. The Labute approximate surface area is 190 Å². The molecule has 0 radical (unpaired) electrons. The summed E-state index contributed by atoms with van der Waals surface area (Å²) in [6, 6.07) is 13.4. The van der Waals surface area contributed by atoms with Crippen LogP contribution < -0.4 is 4.74 Å². The van der Waals surface area contributed by atoms with Gasteiger partial charge in [-0.15, -0.1) is 0 Å². The molecule has 1 atom stereocenters. The second kappa shape index (κ2) is 9.41. The average Bonchev–Trinajstić information content (AvgIpc) is 3.42. The van der Waals surface area contributed by atoms with Crippen LogP contribution in [0.1, 0.15) is 27.3 Å². The van der Waals surface area contributed by atoms with Crippen molar-refractivity contribution in [2.24, 2.45) is 5.92 Å². The Morgan fingerprint density at radius 2 is 2.12 bits per heavy atom. The highest BCUT2D eigenvalue weighted by molar-refractivity contribution is 5.97. The van der Waals surface area contributed by atoms with Crippen molar-refractivity contribution >= 4 is 16.8 Å². The molecule has 0 spiro atoms. The number of nitrogens with one attached hydrogen (secondary N) is 1. The molecular formula is C24H25N5O4. The summed E-state index contributed by atoms with van der Waals surface area (Å²) < 4.78 is 16.5. The molecule has 0 unspecified atom stereocenters. The van der Waals surface area contributed by atoms with Gasteiger partial charge in [0.05, 0.1) is 30.5 Å². The molecule has 0 aliphatic carbocycles. The van der Waals surface area contributed by atoms with Gasteiger partial charge < -0.3 is 14.4 Å². The lowest BCUT2D eigenvalue weighted by atomic mass is 9.97. The first-order valence-corrected chi connectivity index (χ1v) is 11.0. The molecule has 2 aromatic heterocycles. The first kappa shape index (κ1) is 21.1. The maximum atomic E-state index is 13.5. The molecule has 1 N–H and O–H groups in total. The Morgan fingerprint density at radius 3 is 3.00 bits per heavy atom. The Kier molecular flexibility index (Phi) is 6.03. The lowest BCUT2D eigenvalue weighted by Gasteiger charge is -2.25. The van der Waals surface area contributed by atoms with Crippen molar-refractivity contribution in [1.82, 2.24) is 25.4 Å². The lowest BCUT2D eigenvalue weighted by Crippen LogP contribution is -2.36. The van der Waals surface area contributed by atoms with Gasteiger partial charge in [0.1, 0.15) is 23.7 Å². The molecule has 1 fully saturated rings. The Balaban J connectivity index is 1.32. The Bertz CT molecular complexity index is 1250. The van der Waals surface area contributed by atoms with Crippen molar-refractivity contribution in [2.45, 2.75) is 20.0 Å². The minimum absolute atomic E-state index is 0.0716. The molecule has 5 rings (SSSR count). The standard InChI is InChI=1S/C24H25N5O4/c1-16-22(28-33-27-16)15-32-23-8-3-2-6-19(23)24(30)29-9-10-31-14-17(13-29)11-18-5-4-7-21-20(18)12-25-26-21/h2-8,12,17H,9-11,13-15H2,1H3,(H,25,26)/t17-/m1/s1. The SMILES string of the molecule is Cc1nonc1COc1ccccc1C(=O)N1CCOC[C@H](Cc2cccc3[nH]ncc23)C1. The van der Waals surface area contributed by atoms with Crippen LogP contribution in [0.2, 0.25) is 0 Å². The predicted octanol–water partition coefficient (Wildman–Crippen LogP) is 3.16. The number of benzene rings is 2. The van der Waals surface area contributed by atoms with Gasteiger partial charge in [0.25, 0.3) is 5.91 Å². The molecule has 9 nitrogen and oxygen atoms in total. The van der Waals surface area contributed by atoms with Crippen LogP contribution in [0.3, 0.4) is 0 Å². The smallest absolute Gasteiger partial charge is 0.257 e. The number of amides is 1. The van der Waals surface area contributed by atoms with E-state index in [1.807, 2.05) is 35.4 Å². The van der Waals surface area contributed by atoms with E-state index in [1.54, 1.807) is 19.1 Å². The predicted molar refractivity (Wildman–Crippen MR) is 120 cm³/mol. The zero-order chi connectivity index (χ0) is 22.6. The quantitative estimate of drug-likeness (QED) is 0.484. The van der Waals surface area contributed by atoms with Crippen LogP contribution in [0.5, 0.6) is 5.75 Å². The zero-order valence-electron chi connectivity index (χ0n) is 18.4. The summed E-state index contributed by atoms with van der Waals surface area (Å²) in [6.07, 6.45) is 2.65. The lowest BCUT2D eigenvalue weighted by molar-refractivity contribution is 0.0732. The van der Waals surface area contributed by atoms with E-state index in [9.17, 15) is 4.79 Å². The fourth-order valence-corrected chi connectivity index (χ4v) is 4.17. The fraction of sp³-hybridized carbons (Fsp3) is 0.333. The number of aryl methyl sites for hydroxylation is 1. The molecule has 0 bridgehead atoms. The van der Waals surface area contributed by atoms with Gasteiger partial charge in [-0.1, -0.05) is 34.6 Å². The van der Waals surface area contributed by atoms with Gasteiger partial charge in [-0.2, -0.15) is 5.10 Å². The van der Waals surface area contributed by atoms with E-state index in [0.717, 1.165) is 17.3 Å². The molecular weight excluding hydrogens is 422 g/mol. The van der Waals surface area contributed by atoms with Crippen molar-refractivity contribution in [3.63, 3.8) is 0 Å². The number of carbonyl (C=O) groups excluding carboxylic acids is 1. The van der Waals surface area contributed by atoms with Crippen LogP contribution in [-0.2, 0) is 17.8 Å². The highest BCUT2D eigenvalue weighted by Crippen LogP contribution is 2.25. The summed E-state index contributed by atoms with van der Waals surface area (Å²) in [5, 5.41) is 15.9. The second-order valence-corrected chi connectivity index (χ2v) is 8.23. The molecule has 1 aliphatic rings. The largest absolute Gasteiger partial charge is 0.486 e. The highest BCUT2D eigenvalue weighted by Gasteiger charge is 2.26. The third-order valence-electron chi connectivity index (χ3n) is 5.94. The van der Waals surface area contributed by atoms with Gasteiger partial charge >= 0.3 is 0 Å². The highest BCUT2D eigenvalue weighted by atomic mass is 16.6. The summed E-state index contributed by atoms with van der Waals surface area (Å²) in [5.74, 6) is 0.612. The van der Waals surface area contributed by atoms with Gasteiger partial charge in [-0.25, -0.2) is 4.63 Å². The number of para-hydroxylation sites is 1. The van der Waals surface area contributed by atoms with Crippen molar-refractivity contribution in [2.75, 3.05) is 26.3 Å². The summed E-state index contributed by atoms with van der Waals surface area (Å²) in [6.45, 7) is 4.23. The maximum absolute atomic E-state index is 13.5.